The fourth-order valence-electron chi connectivity index (χ4n) is 1.17. The van der Waals surface area contributed by atoms with Crippen molar-refractivity contribution in [1.82, 2.24) is 10.7 Å². The van der Waals surface area contributed by atoms with Crippen LogP contribution in [0.4, 0.5) is 0 Å². The van der Waals surface area contributed by atoms with Crippen molar-refractivity contribution < 1.29 is 19.4 Å². The van der Waals surface area contributed by atoms with Crippen molar-refractivity contribution in [2.24, 2.45) is 5.10 Å². The van der Waals surface area contributed by atoms with Crippen LogP contribution in [-0.4, -0.2) is 43.4 Å². The predicted molar refractivity (Wildman–Crippen MR) is 73.7 cm³/mol. The van der Waals surface area contributed by atoms with Crippen molar-refractivity contribution >= 4 is 29.6 Å². The molecule has 7 nitrogen and oxygen atoms in total. The van der Waals surface area contributed by atoms with E-state index in [4.69, 9.17) is 16.3 Å². The van der Waals surface area contributed by atoms with E-state index in [0.29, 0.717) is 12.2 Å². The van der Waals surface area contributed by atoms with Crippen molar-refractivity contribution in [3.8, 4) is 5.75 Å². The monoisotopic (exact) mass is 299 g/mol. The fraction of sp³-hybridized carbons (Fsp3) is 0.250. The number of carbonyl (C=O) groups is 2. The van der Waals surface area contributed by atoms with Gasteiger partial charge in [0, 0.05) is 13.7 Å². The molecular weight excluding hydrogens is 286 g/mol. The molecule has 0 unspecified atom stereocenters. The molecule has 0 aromatic heterocycles. The summed E-state index contributed by atoms with van der Waals surface area (Å²) in [7, 11) is 1.49. The van der Waals surface area contributed by atoms with Crippen LogP contribution < -0.4 is 10.7 Å². The summed E-state index contributed by atoms with van der Waals surface area (Å²) in [5.74, 6) is -1.74. The minimum absolute atomic E-state index is 0.0506. The largest absolute Gasteiger partial charge is 0.506 e. The van der Waals surface area contributed by atoms with Crippen LogP contribution >= 0.6 is 11.6 Å². The van der Waals surface area contributed by atoms with Gasteiger partial charge in [0.1, 0.15) is 5.75 Å². The molecule has 0 heterocycles. The second-order valence-corrected chi connectivity index (χ2v) is 4.07. The zero-order valence-electron chi connectivity index (χ0n) is 10.7. The molecule has 20 heavy (non-hydrogen) atoms. The highest BCUT2D eigenvalue weighted by Crippen LogP contribution is 2.22. The van der Waals surface area contributed by atoms with Crippen molar-refractivity contribution in [3.05, 3.63) is 28.8 Å². The van der Waals surface area contributed by atoms with Crippen molar-refractivity contribution in [3.63, 3.8) is 0 Å². The molecule has 8 heteroatoms. The lowest BCUT2D eigenvalue weighted by atomic mass is 10.2. The van der Waals surface area contributed by atoms with Crippen molar-refractivity contribution in [1.29, 1.82) is 0 Å². The molecule has 2 amide bonds. The van der Waals surface area contributed by atoms with E-state index in [1.54, 1.807) is 6.07 Å². The predicted octanol–water partition coefficient (Wildman–Crippen LogP) is 0.258. The van der Waals surface area contributed by atoms with E-state index >= 15 is 0 Å². The Hall–Kier alpha value is -2.12. The van der Waals surface area contributed by atoms with E-state index in [1.165, 1.54) is 25.5 Å². The summed E-state index contributed by atoms with van der Waals surface area (Å²) in [4.78, 5) is 22.6. The maximum absolute atomic E-state index is 11.3. The first-order valence-electron chi connectivity index (χ1n) is 5.63. The molecule has 3 N–H and O–H groups in total. The quantitative estimate of drug-likeness (QED) is 0.314. The van der Waals surface area contributed by atoms with Gasteiger partial charge >= 0.3 is 11.8 Å². The Kier molecular flexibility index (Phi) is 6.48. The number of carbonyl (C=O) groups excluding carboxylic acids is 2. The van der Waals surface area contributed by atoms with Crippen LogP contribution in [0.3, 0.4) is 0 Å². The average Bonchev–Trinajstić information content (AvgIpc) is 2.42. The zero-order valence-corrected chi connectivity index (χ0v) is 11.5. The van der Waals surface area contributed by atoms with Gasteiger partial charge in [0.2, 0.25) is 0 Å². The molecule has 1 aromatic carbocycles. The lowest BCUT2D eigenvalue weighted by Crippen LogP contribution is -2.39. The molecule has 0 saturated heterocycles. The van der Waals surface area contributed by atoms with Crippen LogP contribution in [0.1, 0.15) is 5.56 Å². The molecule has 0 radical (unpaired) electrons. The number of nitrogens with zero attached hydrogens (tertiary/aromatic N) is 1. The highest BCUT2D eigenvalue weighted by atomic mass is 35.5. The number of ether oxygens (including phenoxy) is 1. The number of benzene rings is 1. The van der Waals surface area contributed by atoms with Crippen LogP contribution in [0.5, 0.6) is 5.75 Å². The third-order valence-electron chi connectivity index (χ3n) is 2.15. The summed E-state index contributed by atoms with van der Waals surface area (Å²) in [6.45, 7) is 0.550. The summed E-state index contributed by atoms with van der Waals surface area (Å²) in [6, 6.07) is 4.41. The number of hydrazone groups is 1. The maximum Gasteiger partial charge on any atom is 0.329 e. The summed E-state index contributed by atoms with van der Waals surface area (Å²) >= 11 is 5.70. The van der Waals surface area contributed by atoms with E-state index in [2.05, 4.69) is 15.8 Å². The van der Waals surface area contributed by atoms with Crippen LogP contribution in [0.25, 0.3) is 0 Å². The van der Waals surface area contributed by atoms with E-state index in [9.17, 15) is 14.7 Å². The van der Waals surface area contributed by atoms with Crippen molar-refractivity contribution in [2.45, 2.75) is 0 Å². The zero-order chi connectivity index (χ0) is 15.0. The van der Waals surface area contributed by atoms with Crippen LogP contribution in [0.15, 0.2) is 23.3 Å². The molecule has 108 valence electrons. The van der Waals surface area contributed by atoms with Crippen LogP contribution in [0.2, 0.25) is 5.02 Å². The standard InChI is InChI=1S/C12H14ClN3O4/c1-20-5-4-14-11(18)12(19)16-15-7-8-2-3-10(17)9(13)6-8/h2-3,6-7,17H,4-5H2,1H3,(H,14,18)(H,16,19)/b15-7-. The molecule has 0 bridgehead atoms. The third-order valence-corrected chi connectivity index (χ3v) is 2.45. The Morgan fingerprint density at radius 1 is 1.45 bits per heavy atom. The van der Waals surface area contributed by atoms with E-state index in [0.717, 1.165) is 0 Å². The lowest BCUT2D eigenvalue weighted by Gasteiger charge is -2.02. The topological polar surface area (TPSA) is 100 Å². The van der Waals surface area contributed by atoms with Gasteiger partial charge in [-0.05, 0) is 23.8 Å². The molecule has 0 aliphatic rings. The third kappa shape index (κ3) is 5.25. The number of halogens is 1. The minimum Gasteiger partial charge on any atom is -0.506 e. The van der Waals surface area contributed by atoms with Crippen LogP contribution in [-0.2, 0) is 14.3 Å². The number of rotatable bonds is 5. The Labute approximate surface area is 120 Å². The van der Waals surface area contributed by atoms with Gasteiger partial charge in [-0.15, -0.1) is 0 Å². The van der Waals surface area contributed by atoms with Gasteiger partial charge in [-0.25, -0.2) is 5.43 Å². The van der Waals surface area contributed by atoms with Gasteiger partial charge in [0.25, 0.3) is 0 Å². The second-order valence-electron chi connectivity index (χ2n) is 3.66. The molecule has 0 aliphatic heterocycles. The van der Waals surface area contributed by atoms with Crippen molar-refractivity contribution in [2.75, 3.05) is 20.3 Å². The number of phenols is 1. The Morgan fingerprint density at radius 3 is 2.85 bits per heavy atom. The number of hydrogen-bond donors (Lipinski definition) is 3. The molecule has 1 aromatic rings. The van der Waals surface area contributed by atoms with Gasteiger partial charge in [-0.3, -0.25) is 9.59 Å². The van der Waals surface area contributed by atoms with E-state index < -0.39 is 11.8 Å². The van der Waals surface area contributed by atoms with E-state index in [-0.39, 0.29) is 17.3 Å². The summed E-state index contributed by atoms with van der Waals surface area (Å²) in [5.41, 5.74) is 2.63. The fourth-order valence-corrected chi connectivity index (χ4v) is 1.36. The summed E-state index contributed by atoms with van der Waals surface area (Å²) in [6.07, 6.45) is 1.30. The van der Waals surface area contributed by atoms with Crippen LogP contribution in [0, 0.1) is 0 Å². The smallest absolute Gasteiger partial charge is 0.329 e. The number of hydrogen-bond acceptors (Lipinski definition) is 5. The number of amides is 2. The first-order chi connectivity index (χ1) is 9.54. The molecule has 0 spiro atoms. The van der Waals surface area contributed by atoms with Gasteiger partial charge in [-0.2, -0.15) is 5.10 Å². The molecule has 0 fully saturated rings. The Morgan fingerprint density at radius 2 is 2.20 bits per heavy atom. The minimum atomic E-state index is -0.887. The highest BCUT2D eigenvalue weighted by molar-refractivity contribution is 6.35. The number of nitrogens with one attached hydrogen (secondary N) is 2. The number of aromatic hydroxyl groups is 1. The Balaban J connectivity index is 2.45. The summed E-state index contributed by atoms with van der Waals surface area (Å²) < 4.78 is 4.72. The SMILES string of the molecule is COCCNC(=O)C(=O)N/N=C\c1ccc(O)c(Cl)c1. The van der Waals surface area contributed by atoms with Gasteiger partial charge in [0.15, 0.2) is 0 Å². The number of phenolic OH excluding ortho intramolecular Hbond substituents is 1. The highest BCUT2D eigenvalue weighted by Gasteiger charge is 2.11. The molecular formula is C12H14ClN3O4. The maximum atomic E-state index is 11.3. The lowest BCUT2D eigenvalue weighted by molar-refractivity contribution is -0.139. The van der Waals surface area contributed by atoms with Gasteiger partial charge in [0.05, 0.1) is 17.8 Å². The average molecular weight is 300 g/mol. The summed E-state index contributed by atoms with van der Waals surface area (Å²) in [5, 5.41) is 15.3. The number of methoxy groups -OCH3 is 1. The second kappa shape index (κ2) is 8.13. The van der Waals surface area contributed by atoms with E-state index in [1.807, 2.05) is 0 Å². The first-order valence-corrected chi connectivity index (χ1v) is 6.01. The molecule has 0 aliphatic carbocycles. The normalized spacial score (nSPS) is 10.5. The molecule has 1 rings (SSSR count). The first kappa shape index (κ1) is 15.9. The molecule has 0 saturated carbocycles. The Bertz CT molecular complexity index is 519. The van der Waals surface area contributed by atoms with Gasteiger partial charge in [-0.1, -0.05) is 11.6 Å². The molecule has 0 atom stereocenters. The van der Waals surface area contributed by atoms with Gasteiger partial charge < -0.3 is 15.2 Å².